The van der Waals surface area contributed by atoms with Crippen LogP contribution in [0.2, 0.25) is 0 Å². The predicted octanol–water partition coefficient (Wildman–Crippen LogP) is 7.02. The zero-order chi connectivity index (χ0) is 26.0. The molecule has 192 valence electrons. The van der Waals surface area contributed by atoms with Crippen LogP contribution in [0, 0.1) is 6.92 Å². The van der Waals surface area contributed by atoms with Crippen LogP contribution in [0.25, 0.3) is 11.0 Å². The van der Waals surface area contributed by atoms with Crippen molar-refractivity contribution >= 4 is 22.6 Å². The Kier molecular flexibility index (Phi) is 7.05. The van der Waals surface area contributed by atoms with E-state index in [0.717, 1.165) is 47.7 Å². The molecule has 0 spiro atoms. The van der Waals surface area contributed by atoms with Crippen molar-refractivity contribution < 1.29 is 9.53 Å². The lowest BCUT2D eigenvalue weighted by atomic mass is 9.87. The lowest BCUT2D eigenvalue weighted by Crippen LogP contribution is -2.24. The summed E-state index contributed by atoms with van der Waals surface area (Å²) < 4.78 is 8.34. The smallest absolute Gasteiger partial charge is 0.227 e. The van der Waals surface area contributed by atoms with E-state index in [-0.39, 0.29) is 17.2 Å². The van der Waals surface area contributed by atoms with Crippen LogP contribution in [0.15, 0.2) is 72.8 Å². The number of imidazole rings is 1. The second kappa shape index (κ2) is 10.4. The highest BCUT2D eigenvalue weighted by molar-refractivity contribution is 5.96. The minimum Gasteiger partial charge on any atom is -0.494 e. The Labute approximate surface area is 220 Å². The molecular formula is C32H37N3O2. The first-order valence-electron chi connectivity index (χ1n) is 13.3. The molecule has 1 aromatic heterocycles. The number of unbranched alkanes of at least 4 members (excludes halogenated alkanes) is 1. The number of rotatable bonds is 8. The van der Waals surface area contributed by atoms with E-state index in [0.29, 0.717) is 19.6 Å². The minimum atomic E-state index is 0.0822. The van der Waals surface area contributed by atoms with Crippen molar-refractivity contribution in [2.75, 3.05) is 18.1 Å². The topological polar surface area (TPSA) is 47.4 Å². The number of fused-ring (bicyclic) bond motifs is 1. The first-order valence-corrected chi connectivity index (χ1v) is 13.3. The molecule has 5 heteroatoms. The lowest BCUT2D eigenvalue weighted by Gasteiger charge is -2.19. The van der Waals surface area contributed by atoms with Gasteiger partial charge in [-0.15, -0.1) is 0 Å². The zero-order valence-electron chi connectivity index (χ0n) is 22.4. The highest BCUT2D eigenvalue weighted by Crippen LogP contribution is 2.33. The second-order valence-electron chi connectivity index (χ2n) is 11.2. The van der Waals surface area contributed by atoms with Gasteiger partial charge in [0.15, 0.2) is 0 Å². The average molecular weight is 496 g/mol. The van der Waals surface area contributed by atoms with E-state index >= 15 is 0 Å². The second-order valence-corrected chi connectivity index (χ2v) is 11.2. The van der Waals surface area contributed by atoms with Crippen LogP contribution >= 0.6 is 0 Å². The molecule has 0 radical (unpaired) electrons. The van der Waals surface area contributed by atoms with E-state index in [1.54, 1.807) is 0 Å². The molecule has 5 rings (SSSR count). The fourth-order valence-corrected chi connectivity index (χ4v) is 5.11. The maximum absolute atomic E-state index is 13.0. The molecule has 1 amide bonds. The van der Waals surface area contributed by atoms with Crippen LogP contribution in [0.5, 0.6) is 5.75 Å². The maximum Gasteiger partial charge on any atom is 0.227 e. The van der Waals surface area contributed by atoms with Crippen molar-refractivity contribution in [2.24, 2.45) is 0 Å². The number of benzene rings is 3. The number of amides is 1. The summed E-state index contributed by atoms with van der Waals surface area (Å²) in [7, 11) is 0. The van der Waals surface area contributed by atoms with Crippen molar-refractivity contribution in [3.63, 3.8) is 0 Å². The van der Waals surface area contributed by atoms with Gasteiger partial charge in [-0.3, -0.25) is 4.79 Å². The Morgan fingerprint density at radius 3 is 2.41 bits per heavy atom. The summed E-state index contributed by atoms with van der Waals surface area (Å²) in [6, 6.07) is 24.9. The van der Waals surface area contributed by atoms with Crippen LogP contribution in [0.4, 0.5) is 5.69 Å². The molecule has 1 unspecified atom stereocenters. The Bertz CT molecular complexity index is 1360. The van der Waals surface area contributed by atoms with Gasteiger partial charge < -0.3 is 14.2 Å². The standard InChI is InChI=1S/C32H37N3O2/c1-23-11-15-26(16-12-23)35-22-24(21-30(35)36)31-33-28-9-5-6-10-29(28)34(31)19-7-8-20-37-27-17-13-25(14-18-27)32(2,3)4/h5-6,9-18,24H,7-8,19-22H2,1-4H3. The largest absolute Gasteiger partial charge is 0.494 e. The van der Waals surface area contributed by atoms with Crippen molar-refractivity contribution in [1.29, 1.82) is 0 Å². The Balaban J connectivity index is 1.24. The molecule has 0 saturated carbocycles. The van der Waals surface area contributed by atoms with E-state index in [4.69, 9.17) is 9.72 Å². The van der Waals surface area contributed by atoms with Gasteiger partial charge >= 0.3 is 0 Å². The van der Waals surface area contributed by atoms with Gasteiger partial charge in [0.1, 0.15) is 11.6 Å². The van der Waals surface area contributed by atoms with E-state index in [2.05, 4.69) is 86.9 Å². The molecule has 0 N–H and O–H groups in total. The molecule has 5 nitrogen and oxygen atoms in total. The normalized spacial score (nSPS) is 16.1. The van der Waals surface area contributed by atoms with Crippen molar-refractivity contribution in [3.8, 4) is 5.75 Å². The van der Waals surface area contributed by atoms with Gasteiger partial charge in [-0.2, -0.15) is 0 Å². The van der Waals surface area contributed by atoms with Gasteiger partial charge in [0, 0.05) is 31.1 Å². The number of para-hydroxylation sites is 2. The number of carbonyl (C=O) groups excluding carboxylic acids is 1. The molecule has 4 aromatic rings. The van der Waals surface area contributed by atoms with E-state index in [9.17, 15) is 4.79 Å². The number of hydrogen-bond acceptors (Lipinski definition) is 3. The third-order valence-corrected chi connectivity index (χ3v) is 7.29. The summed E-state index contributed by atoms with van der Waals surface area (Å²) in [6.45, 7) is 10.9. The molecule has 37 heavy (non-hydrogen) atoms. The molecule has 1 saturated heterocycles. The minimum absolute atomic E-state index is 0.0822. The van der Waals surface area contributed by atoms with Gasteiger partial charge in [-0.05, 0) is 67.1 Å². The summed E-state index contributed by atoms with van der Waals surface area (Å²) in [6.07, 6.45) is 2.42. The summed E-state index contributed by atoms with van der Waals surface area (Å²) in [5.74, 6) is 2.18. The number of ether oxygens (including phenoxy) is 1. The van der Waals surface area contributed by atoms with Crippen molar-refractivity contribution in [2.45, 2.75) is 64.8 Å². The monoisotopic (exact) mass is 495 g/mol. The molecule has 2 heterocycles. The number of anilines is 1. The van der Waals surface area contributed by atoms with Gasteiger partial charge in [0.05, 0.1) is 17.6 Å². The van der Waals surface area contributed by atoms with Crippen molar-refractivity contribution in [1.82, 2.24) is 9.55 Å². The molecule has 1 aliphatic rings. The fraction of sp³-hybridized carbons (Fsp3) is 0.375. The quantitative estimate of drug-likeness (QED) is 0.247. The van der Waals surface area contributed by atoms with Crippen LogP contribution in [-0.2, 0) is 16.8 Å². The Hall–Kier alpha value is -3.60. The first kappa shape index (κ1) is 25.1. The third-order valence-electron chi connectivity index (χ3n) is 7.29. The van der Waals surface area contributed by atoms with Crippen LogP contribution in [-0.4, -0.2) is 28.6 Å². The number of aromatic nitrogens is 2. The molecule has 0 bridgehead atoms. The predicted molar refractivity (Wildman–Crippen MR) is 150 cm³/mol. The van der Waals surface area contributed by atoms with Crippen molar-refractivity contribution in [3.05, 3.63) is 89.7 Å². The average Bonchev–Trinajstić information content (AvgIpc) is 3.44. The molecule has 1 atom stereocenters. The highest BCUT2D eigenvalue weighted by Gasteiger charge is 2.34. The van der Waals surface area contributed by atoms with E-state index < -0.39 is 0 Å². The van der Waals surface area contributed by atoms with Gasteiger partial charge in [0.2, 0.25) is 5.91 Å². The first-order chi connectivity index (χ1) is 17.8. The van der Waals surface area contributed by atoms with E-state index in [1.165, 1.54) is 11.1 Å². The third kappa shape index (κ3) is 5.56. The van der Waals surface area contributed by atoms with Gasteiger partial charge in [-0.1, -0.05) is 62.7 Å². The summed E-state index contributed by atoms with van der Waals surface area (Å²) >= 11 is 0. The molecule has 0 aliphatic carbocycles. The van der Waals surface area contributed by atoms with Crippen LogP contribution in [0.1, 0.15) is 62.9 Å². The number of aryl methyl sites for hydroxylation is 2. The lowest BCUT2D eigenvalue weighted by molar-refractivity contribution is -0.117. The molecule has 1 aliphatic heterocycles. The number of nitrogens with zero attached hydrogens (tertiary/aromatic N) is 3. The maximum atomic E-state index is 13.0. The SMILES string of the molecule is Cc1ccc(N2CC(c3nc4ccccc4n3CCCCOc3ccc(C(C)(C)C)cc3)CC2=O)cc1. The summed E-state index contributed by atoms with van der Waals surface area (Å²) in [4.78, 5) is 19.9. The van der Waals surface area contributed by atoms with E-state index in [1.807, 2.05) is 23.1 Å². The zero-order valence-corrected chi connectivity index (χ0v) is 22.4. The summed E-state index contributed by atoms with van der Waals surface area (Å²) in [5, 5.41) is 0. The summed E-state index contributed by atoms with van der Waals surface area (Å²) in [5.41, 5.74) is 5.75. The number of carbonyl (C=O) groups is 1. The van der Waals surface area contributed by atoms with Crippen LogP contribution in [0.3, 0.4) is 0 Å². The fourth-order valence-electron chi connectivity index (χ4n) is 5.11. The molecule has 1 fully saturated rings. The van der Waals surface area contributed by atoms with Crippen LogP contribution < -0.4 is 9.64 Å². The molecule has 3 aromatic carbocycles. The number of hydrogen-bond donors (Lipinski definition) is 0. The van der Waals surface area contributed by atoms with Gasteiger partial charge in [0.25, 0.3) is 0 Å². The Morgan fingerprint density at radius 1 is 0.946 bits per heavy atom. The van der Waals surface area contributed by atoms with Gasteiger partial charge in [-0.25, -0.2) is 4.98 Å². The Morgan fingerprint density at radius 2 is 1.68 bits per heavy atom. The highest BCUT2D eigenvalue weighted by atomic mass is 16.5. The molecular weight excluding hydrogens is 458 g/mol.